The van der Waals surface area contributed by atoms with Gasteiger partial charge in [-0.15, -0.1) is 0 Å². The van der Waals surface area contributed by atoms with Crippen LogP contribution in [0.3, 0.4) is 0 Å². The highest BCUT2D eigenvalue weighted by Crippen LogP contribution is 2.24. The highest BCUT2D eigenvalue weighted by atomic mass is 16.5. The lowest BCUT2D eigenvalue weighted by atomic mass is 9.90. The number of ether oxygens (including phenoxy) is 2. The van der Waals surface area contributed by atoms with Crippen LogP contribution in [-0.4, -0.2) is 24.7 Å². The summed E-state index contributed by atoms with van der Waals surface area (Å²) in [5.74, 6) is 1.31. The van der Waals surface area contributed by atoms with Gasteiger partial charge in [0.15, 0.2) is 0 Å². The van der Waals surface area contributed by atoms with Crippen molar-refractivity contribution in [1.29, 1.82) is 0 Å². The maximum absolute atomic E-state index is 12.3. The fourth-order valence-corrected chi connectivity index (χ4v) is 2.45. The average molecular weight is 312 g/mol. The third kappa shape index (κ3) is 3.88. The Morgan fingerprint density at radius 1 is 1.00 bits per heavy atom. The van der Waals surface area contributed by atoms with Gasteiger partial charge in [0.1, 0.15) is 17.0 Å². The molecule has 2 aromatic rings. The number of hydrogen-bond donors (Lipinski definition) is 2. The third-order valence-corrected chi connectivity index (χ3v) is 3.93. The van der Waals surface area contributed by atoms with Gasteiger partial charge >= 0.3 is 0 Å². The summed E-state index contributed by atoms with van der Waals surface area (Å²) in [5, 5.41) is 2.87. The summed E-state index contributed by atoms with van der Waals surface area (Å²) in [6.07, 6.45) is 1.07. The number of anilines is 1. The second kappa shape index (κ2) is 6.81. The van der Waals surface area contributed by atoms with Crippen molar-refractivity contribution in [2.45, 2.75) is 18.4 Å². The minimum Gasteiger partial charge on any atom is -0.457 e. The number of rotatable bonds is 4. The molecule has 1 amide bonds. The number of benzene rings is 2. The van der Waals surface area contributed by atoms with Crippen LogP contribution in [0.4, 0.5) is 5.69 Å². The normalized spacial score (nSPS) is 16.6. The summed E-state index contributed by atoms with van der Waals surface area (Å²) in [7, 11) is 0. The fraction of sp³-hybridized carbons (Fsp3) is 0.278. The maximum atomic E-state index is 12.3. The van der Waals surface area contributed by atoms with E-state index in [0.717, 1.165) is 5.75 Å². The number of amides is 1. The second-order valence-corrected chi connectivity index (χ2v) is 5.66. The van der Waals surface area contributed by atoms with E-state index < -0.39 is 5.54 Å². The Labute approximate surface area is 135 Å². The molecule has 1 aliphatic rings. The Bertz CT molecular complexity index is 650. The molecule has 5 heteroatoms. The summed E-state index contributed by atoms with van der Waals surface area (Å²) in [5.41, 5.74) is 6.02. The number of para-hydroxylation sites is 1. The molecular formula is C18H20N2O3. The van der Waals surface area contributed by atoms with Crippen LogP contribution in [0.5, 0.6) is 11.5 Å². The molecule has 0 atom stereocenters. The molecule has 0 aliphatic carbocycles. The van der Waals surface area contributed by atoms with E-state index in [1.54, 1.807) is 12.1 Å². The predicted octanol–water partition coefficient (Wildman–Crippen LogP) is 2.93. The molecule has 0 spiro atoms. The molecule has 0 bridgehead atoms. The van der Waals surface area contributed by atoms with Crippen molar-refractivity contribution in [2.24, 2.45) is 5.73 Å². The van der Waals surface area contributed by atoms with Crippen LogP contribution in [-0.2, 0) is 9.53 Å². The molecule has 1 aliphatic heterocycles. The first kappa shape index (κ1) is 15.5. The quantitative estimate of drug-likeness (QED) is 0.910. The van der Waals surface area contributed by atoms with Crippen LogP contribution in [0.25, 0.3) is 0 Å². The lowest BCUT2D eigenvalue weighted by Gasteiger charge is -2.31. The smallest absolute Gasteiger partial charge is 0.244 e. The van der Waals surface area contributed by atoms with Gasteiger partial charge in [0.2, 0.25) is 5.91 Å². The fourth-order valence-electron chi connectivity index (χ4n) is 2.45. The first-order valence-electron chi connectivity index (χ1n) is 7.67. The summed E-state index contributed by atoms with van der Waals surface area (Å²) < 4.78 is 11.0. The second-order valence-electron chi connectivity index (χ2n) is 5.66. The van der Waals surface area contributed by atoms with Crippen LogP contribution in [0.2, 0.25) is 0 Å². The largest absolute Gasteiger partial charge is 0.457 e. The molecule has 1 saturated heterocycles. The Balaban J connectivity index is 1.62. The molecule has 5 nitrogen and oxygen atoms in total. The van der Waals surface area contributed by atoms with Crippen molar-refractivity contribution in [2.75, 3.05) is 18.5 Å². The van der Waals surface area contributed by atoms with Crippen molar-refractivity contribution in [3.63, 3.8) is 0 Å². The average Bonchev–Trinajstić information content (AvgIpc) is 2.58. The minimum absolute atomic E-state index is 0.169. The Kier molecular flexibility index (Phi) is 4.60. The van der Waals surface area contributed by atoms with E-state index in [1.165, 1.54) is 0 Å². The third-order valence-electron chi connectivity index (χ3n) is 3.93. The zero-order valence-corrected chi connectivity index (χ0v) is 12.8. The van der Waals surface area contributed by atoms with Crippen LogP contribution in [0.15, 0.2) is 54.6 Å². The van der Waals surface area contributed by atoms with E-state index in [9.17, 15) is 4.79 Å². The summed E-state index contributed by atoms with van der Waals surface area (Å²) in [6.45, 7) is 1.04. The van der Waals surface area contributed by atoms with E-state index >= 15 is 0 Å². The minimum atomic E-state index is -0.850. The lowest BCUT2D eigenvalue weighted by Crippen LogP contribution is -2.54. The van der Waals surface area contributed by atoms with E-state index in [4.69, 9.17) is 15.2 Å². The van der Waals surface area contributed by atoms with Gasteiger partial charge in [-0.25, -0.2) is 0 Å². The van der Waals surface area contributed by atoms with E-state index in [-0.39, 0.29) is 5.91 Å². The lowest BCUT2D eigenvalue weighted by molar-refractivity contribution is -0.124. The van der Waals surface area contributed by atoms with Crippen molar-refractivity contribution in [3.05, 3.63) is 54.6 Å². The topological polar surface area (TPSA) is 73.6 Å². The molecule has 2 aromatic carbocycles. The Morgan fingerprint density at radius 3 is 2.26 bits per heavy atom. The SMILES string of the molecule is NC1(C(=O)Nc2ccc(Oc3ccccc3)cc2)CCOCC1. The zero-order chi connectivity index (χ0) is 16.1. The molecular weight excluding hydrogens is 292 g/mol. The molecule has 0 unspecified atom stereocenters. The highest BCUT2D eigenvalue weighted by Gasteiger charge is 2.35. The van der Waals surface area contributed by atoms with Crippen molar-refractivity contribution in [3.8, 4) is 11.5 Å². The van der Waals surface area contributed by atoms with E-state index in [1.807, 2.05) is 42.5 Å². The number of hydrogen-bond acceptors (Lipinski definition) is 4. The first-order chi connectivity index (χ1) is 11.2. The van der Waals surface area contributed by atoms with Gasteiger partial charge < -0.3 is 20.5 Å². The standard InChI is InChI=1S/C18H20N2O3/c19-18(10-12-22-13-11-18)17(21)20-14-6-8-16(9-7-14)23-15-4-2-1-3-5-15/h1-9H,10-13,19H2,(H,20,21). The van der Waals surface area contributed by atoms with Crippen LogP contribution < -0.4 is 15.8 Å². The molecule has 3 rings (SSSR count). The van der Waals surface area contributed by atoms with Gasteiger partial charge in [-0.1, -0.05) is 18.2 Å². The predicted molar refractivity (Wildman–Crippen MR) is 88.6 cm³/mol. The number of nitrogens with two attached hydrogens (primary N) is 1. The first-order valence-corrected chi connectivity index (χ1v) is 7.67. The Morgan fingerprint density at radius 2 is 1.61 bits per heavy atom. The Hall–Kier alpha value is -2.37. The van der Waals surface area contributed by atoms with Gasteiger partial charge in [0, 0.05) is 18.9 Å². The highest BCUT2D eigenvalue weighted by molar-refractivity contribution is 5.98. The van der Waals surface area contributed by atoms with Crippen LogP contribution in [0, 0.1) is 0 Å². The van der Waals surface area contributed by atoms with Gasteiger partial charge in [0.05, 0.1) is 0 Å². The van der Waals surface area contributed by atoms with Gasteiger partial charge in [0.25, 0.3) is 0 Å². The molecule has 3 N–H and O–H groups in total. The van der Waals surface area contributed by atoms with E-state index in [0.29, 0.717) is 37.5 Å². The zero-order valence-electron chi connectivity index (χ0n) is 12.8. The van der Waals surface area contributed by atoms with Crippen LogP contribution in [0.1, 0.15) is 12.8 Å². The number of nitrogens with one attached hydrogen (secondary N) is 1. The van der Waals surface area contributed by atoms with Crippen LogP contribution >= 0.6 is 0 Å². The summed E-state index contributed by atoms with van der Waals surface area (Å²) >= 11 is 0. The molecule has 120 valence electrons. The number of carbonyl (C=O) groups is 1. The molecule has 0 aromatic heterocycles. The van der Waals surface area contributed by atoms with Gasteiger partial charge in [-0.2, -0.15) is 0 Å². The molecule has 1 heterocycles. The molecule has 1 fully saturated rings. The van der Waals surface area contributed by atoms with E-state index in [2.05, 4.69) is 5.32 Å². The van der Waals surface area contributed by atoms with Crippen molar-refractivity contribution in [1.82, 2.24) is 0 Å². The monoisotopic (exact) mass is 312 g/mol. The number of carbonyl (C=O) groups excluding carboxylic acids is 1. The van der Waals surface area contributed by atoms with Gasteiger partial charge in [-0.05, 0) is 49.2 Å². The van der Waals surface area contributed by atoms with Crippen molar-refractivity contribution >= 4 is 11.6 Å². The molecule has 0 radical (unpaired) electrons. The van der Waals surface area contributed by atoms with Gasteiger partial charge in [-0.3, -0.25) is 4.79 Å². The summed E-state index contributed by atoms with van der Waals surface area (Å²) in [6, 6.07) is 16.8. The van der Waals surface area contributed by atoms with Crippen molar-refractivity contribution < 1.29 is 14.3 Å². The summed E-state index contributed by atoms with van der Waals surface area (Å²) in [4.78, 5) is 12.3. The maximum Gasteiger partial charge on any atom is 0.244 e. The molecule has 0 saturated carbocycles. The molecule has 23 heavy (non-hydrogen) atoms.